The molecule has 7 heteroatoms. The summed E-state index contributed by atoms with van der Waals surface area (Å²) in [6.45, 7) is 1.40. The van der Waals surface area contributed by atoms with E-state index in [0.717, 1.165) is 51.5 Å². The average molecular weight is 442 g/mol. The first-order valence-corrected chi connectivity index (χ1v) is 11.1. The van der Waals surface area contributed by atoms with Crippen LogP contribution in [0.1, 0.15) is 24.5 Å². The van der Waals surface area contributed by atoms with Crippen molar-refractivity contribution < 1.29 is 9.13 Å². The maximum atomic E-state index is 13.8. The quantitative estimate of drug-likeness (QED) is 0.432. The van der Waals surface area contributed by atoms with Gasteiger partial charge in [0.2, 0.25) is 5.56 Å². The molecule has 1 aliphatic heterocycles. The number of aromatic amines is 1. The van der Waals surface area contributed by atoms with Crippen LogP contribution in [0.15, 0.2) is 65.7 Å². The number of halogens is 1. The zero-order valence-electron chi connectivity index (χ0n) is 18.2. The van der Waals surface area contributed by atoms with E-state index in [4.69, 9.17) is 4.74 Å². The first kappa shape index (κ1) is 19.9. The predicted octanol–water partition coefficient (Wildman–Crippen LogP) is 4.91. The van der Waals surface area contributed by atoms with E-state index in [-0.39, 0.29) is 17.3 Å². The Balaban J connectivity index is 1.76. The third-order valence-electron chi connectivity index (χ3n) is 6.63. The molecule has 0 bridgehead atoms. The molecule has 6 rings (SSSR count). The van der Waals surface area contributed by atoms with Gasteiger partial charge in [0.15, 0.2) is 0 Å². The van der Waals surface area contributed by atoms with E-state index in [9.17, 15) is 9.18 Å². The van der Waals surface area contributed by atoms with Crippen molar-refractivity contribution in [3.05, 3.63) is 82.8 Å². The summed E-state index contributed by atoms with van der Waals surface area (Å²) in [4.78, 5) is 12.1. The molecule has 5 aromatic rings. The van der Waals surface area contributed by atoms with E-state index in [0.29, 0.717) is 13.2 Å². The molecule has 33 heavy (non-hydrogen) atoms. The van der Waals surface area contributed by atoms with Crippen molar-refractivity contribution in [2.24, 2.45) is 7.05 Å². The predicted molar refractivity (Wildman–Crippen MR) is 126 cm³/mol. The number of hydrogen-bond donors (Lipinski definition) is 1. The number of nitrogens with one attached hydrogen (secondary N) is 1. The van der Waals surface area contributed by atoms with Gasteiger partial charge in [-0.3, -0.25) is 9.89 Å². The second-order valence-corrected chi connectivity index (χ2v) is 8.65. The molecule has 1 fully saturated rings. The highest BCUT2D eigenvalue weighted by molar-refractivity contribution is 6.05. The molecule has 6 nitrogen and oxygen atoms in total. The Morgan fingerprint density at radius 1 is 1.09 bits per heavy atom. The molecule has 0 amide bonds. The summed E-state index contributed by atoms with van der Waals surface area (Å²) in [5.41, 5.74) is 6.06. The highest BCUT2D eigenvalue weighted by atomic mass is 19.1. The van der Waals surface area contributed by atoms with Gasteiger partial charge in [0.25, 0.3) is 0 Å². The van der Waals surface area contributed by atoms with Crippen molar-refractivity contribution in [2.75, 3.05) is 13.2 Å². The van der Waals surface area contributed by atoms with Crippen molar-refractivity contribution in [3.63, 3.8) is 0 Å². The van der Waals surface area contributed by atoms with E-state index in [1.807, 2.05) is 30.6 Å². The van der Waals surface area contributed by atoms with Crippen molar-refractivity contribution in [3.8, 4) is 16.8 Å². The van der Waals surface area contributed by atoms with E-state index in [1.54, 1.807) is 17.7 Å². The molecule has 2 aromatic carbocycles. The van der Waals surface area contributed by atoms with Crippen LogP contribution in [0.2, 0.25) is 0 Å². The van der Waals surface area contributed by atoms with Crippen LogP contribution in [0.4, 0.5) is 4.39 Å². The van der Waals surface area contributed by atoms with Crippen molar-refractivity contribution in [2.45, 2.75) is 18.8 Å². The largest absolute Gasteiger partial charge is 0.381 e. The zero-order valence-corrected chi connectivity index (χ0v) is 18.2. The number of H-pyrrole nitrogens is 1. The number of benzene rings is 2. The van der Waals surface area contributed by atoms with Crippen molar-refractivity contribution >= 4 is 21.8 Å². The van der Waals surface area contributed by atoms with Crippen LogP contribution in [0, 0.1) is 5.82 Å². The molecule has 0 aliphatic carbocycles. The maximum absolute atomic E-state index is 13.8. The summed E-state index contributed by atoms with van der Waals surface area (Å²) in [6.07, 6.45) is 5.51. The molecule has 1 N–H and O–H groups in total. The molecule has 166 valence electrons. The highest BCUT2D eigenvalue weighted by Gasteiger charge is 2.28. The Bertz CT molecular complexity index is 1540. The molecule has 1 aliphatic rings. The lowest BCUT2D eigenvalue weighted by molar-refractivity contribution is 0.0843. The zero-order chi connectivity index (χ0) is 22.5. The Kier molecular flexibility index (Phi) is 4.66. The summed E-state index contributed by atoms with van der Waals surface area (Å²) in [5.74, 6) is -0.00163. The number of ether oxygens (including phenoxy) is 1. The van der Waals surface area contributed by atoms with Crippen LogP contribution >= 0.6 is 0 Å². The number of aromatic nitrogens is 4. The van der Waals surface area contributed by atoms with Gasteiger partial charge in [-0.1, -0.05) is 0 Å². The Hall–Kier alpha value is -3.71. The lowest BCUT2D eigenvalue weighted by Crippen LogP contribution is -2.18. The van der Waals surface area contributed by atoms with Crippen LogP contribution in [0.3, 0.4) is 0 Å². The van der Waals surface area contributed by atoms with Gasteiger partial charge in [0, 0.05) is 71.7 Å². The molecule has 0 unspecified atom stereocenters. The van der Waals surface area contributed by atoms with E-state index < -0.39 is 0 Å². The Morgan fingerprint density at radius 3 is 2.64 bits per heavy atom. The van der Waals surface area contributed by atoms with E-state index in [2.05, 4.69) is 26.9 Å². The smallest absolute Gasteiger partial charge is 0.250 e. The number of rotatable bonds is 3. The third-order valence-corrected chi connectivity index (χ3v) is 6.63. The lowest BCUT2D eigenvalue weighted by atomic mass is 9.90. The van der Waals surface area contributed by atoms with Gasteiger partial charge in [-0.25, -0.2) is 4.39 Å². The fraction of sp³-hybridized carbons (Fsp3) is 0.231. The Morgan fingerprint density at radius 2 is 1.88 bits per heavy atom. The number of hydrogen-bond acceptors (Lipinski definition) is 3. The summed E-state index contributed by atoms with van der Waals surface area (Å²) in [5, 5.41) is 9.37. The first-order valence-electron chi connectivity index (χ1n) is 11.1. The van der Waals surface area contributed by atoms with Crippen LogP contribution in [-0.2, 0) is 11.8 Å². The number of nitrogens with zero attached hydrogens (tertiary/aromatic N) is 3. The van der Waals surface area contributed by atoms with Crippen molar-refractivity contribution in [1.29, 1.82) is 0 Å². The summed E-state index contributed by atoms with van der Waals surface area (Å²) < 4.78 is 23.3. The molecule has 4 heterocycles. The van der Waals surface area contributed by atoms with Crippen LogP contribution in [0.5, 0.6) is 0 Å². The third kappa shape index (κ3) is 3.27. The summed E-state index contributed by atoms with van der Waals surface area (Å²) in [7, 11) is 1.77. The number of aryl methyl sites for hydroxylation is 1. The minimum atomic E-state index is -0.265. The van der Waals surface area contributed by atoms with E-state index in [1.165, 1.54) is 17.8 Å². The van der Waals surface area contributed by atoms with Crippen LogP contribution in [0.25, 0.3) is 38.6 Å². The first-order chi connectivity index (χ1) is 16.1. The van der Waals surface area contributed by atoms with Crippen molar-refractivity contribution in [1.82, 2.24) is 19.3 Å². The monoisotopic (exact) mass is 442 g/mol. The Labute approximate surface area is 189 Å². The molecule has 3 aromatic heterocycles. The molecular formula is C26H23FN4O2. The normalized spacial score (nSPS) is 15.0. The minimum absolute atomic E-state index is 0.0513. The highest BCUT2D eigenvalue weighted by Crippen LogP contribution is 2.44. The van der Waals surface area contributed by atoms with Gasteiger partial charge in [0.05, 0.1) is 17.2 Å². The molecule has 0 atom stereocenters. The summed E-state index contributed by atoms with van der Waals surface area (Å²) in [6, 6.07) is 14.4. The summed E-state index contributed by atoms with van der Waals surface area (Å²) >= 11 is 0. The number of pyridine rings is 1. The standard InChI is InChI=1S/C26H23FN4O2/c1-30-15-17(2-7-24(30)32)25-21-13-22-18(14-28-29-22)12-23(21)31(20-5-3-19(27)4-6-20)26(25)16-8-10-33-11-9-16/h2-7,12-16H,8-11H2,1H3,(H,28,29). The fourth-order valence-electron chi connectivity index (χ4n) is 5.02. The fourth-order valence-corrected chi connectivity index (χ4v) is 5.02. The van der Waals surface area contributed by atoms with E-state index >= 15 is 0 Å². The van der Waals surface area contributed by atoms with Gasteiger partial charge >= 0.3 is 0 Å². The van der Waals surface area contributed by atoms with Gasteiger partial charge in [-0.15, -0.1) is 0 Å². The molecule has 0 spiro atoms. The maximum Gasteiger partial charge on any atom is 0.250 e. The number of fused-ring (bicyclic) bond motifs is 2. The van der Waals surface area contributed by atoms with Crippen LogP contribution in [-0.4, -0.2) is 32.5 Å². The molecule has 1 saturated heterocycles. The van der Waals surface area contributed by atoms with Gasteiger partial charge in [-0.2, -0.15) is 5.10 Å². The molecule has 0 saturated carbocycles. The minimum Gasteiger partial charge on any atom is -0.381 e. The van der Waals surface area contributed by atoms with Gasteiger partial charge < -0.3 is 13.9 Å². The SMILES string of the molecule is Cn1cc(-c2c(C3CCOCC3)n(-c3ccc(F)cc3)c3cc4cn[nH]c4cc23)ccc1=O. The second kappa shape index (κ2) is 7.71. The molecule has 0 radical (unpaired) electrons. The lowest BCUT2D eigenvalue weighted by Gasteiger charge is -2.26. The van der Waals surface area contributed by atoms with Gasteiger partial charge in [-0.05, 0) is 55.3 Å². The van der Waals surface area contributed by atoms with Crippen LogP contribution < -0.4 is 5.56 Å². The molecular weight excluding hydrogens is 419 g/mol. The second-order valence-electron chi connectivity index (χ2n) is 8.65. The van der Waals surface area contributed by atoms with Gasteiger partial charge in [0.1, 0.15) is 5.82 Å². The average Bonchev–Trinajstić information content (AvgIpc) is 3.42. The topological polar surface area (TPSA) is 64.8 Å².